The molecule has 132 valence electrons. The number of hydrogen-bond acceptors (Lipinski definition) is 4. The van der Waals surface area contributed by atoms with Crippen LogP contribution in [0.1, 0.15) is 34.9 Å². The molecule has 2 aliphatic rings. The van der Waals surface area contributed by atoms with Gasteiger partial charge in [-0.15, -0.1) is 0 Å². The highest BCUT2D eigenvalue weighted by atomic mass is 16.1. The lowest BCUT2D eigenvalue weighted by Gasteiger charge is -2.36. The van der Waals surface area contributed by atoms with E-state index in [0.29, 0.717) is 18.2 Å². The Morgan fingerprint density at radius 2 is 1.92 bits per heavy atom. The number of aromatic amines is 1. The summed E-state index contributed by atoms with van der Waals surface area (Å²) in [5, 5.41) is 10.1. The Bertz CT molecular complexity index is 702. The van der Waals surface area contributed by atoms with E-state index in [1.807, 2.05) is 6.07 Å². The van der Waals surface area contributed by atoms with Crippen LogP contribution in [-0.4, -0.2) is 60.3 Å². The lowest BCUT2D eigenvalue weighted by Crippen LogP contribution is -2.48. The predicted molar refractivity (Wildman–Crippen MR) is 98.0 cm³/mol. The maximum absolute atomic E-state index is 12.2. The van der Waals surface area contributed by atoms with E-state index in [9.17, 15) is 4.79 Å². The van der Waals surface area contributed by atoms with Gasteiger partial charge in [-0.2, -0.15) is 5.10 Å². The summed E-state index contributed by atoms with van der Waals surface area (Å²) in [4.78, 5) is 17.0. The molecule has 2 aromatic rings. The first-order valence-electron chi connectivity index (χ1n) is 9.15. The van der Waals surface area contributed by atoms with Gasteiger partial charge < -0.3 is 10.2 Å². The number of carbonyl (C=O) groups excluding carboxylic acids is 1. The molecule has 4 rings (SSSR count). The number of aromatic nitrogens is 2. The molecule has 1 amide bonds. The highest BCUT2D eigenvalue weighted by Gasteiger charge is 2.26. The van der Waals surface area contributed by atoms with Crippen LogP contribution in [-0.2, 0) is 0 Å². The molecule has 1 aliphatic carbocycles. The number of carbonyl (C=O) groups is 1. The summed E-state index contributed by atoms with van der Waals surface area (Å²) in [6.07, 6.45) is 2.41. The lowest BCUT2D eigenvalue weighted by molar-refractivity contribution is 0.0943. The van der Waals surface area contributed by atoms with Crippen molar-refractivity contribution >= 4 is 11.6 Å². The highest BCUT2D eigenvalue weighted by molar-refractivity contribution is 5.92. The van der Waals surface area contributed by atoms with E-state index >= 15 is 0 Å². The second kappa shape index (κ2) is 7.27. The molecule has 6 nitrogen and oxygen atoms in total. The minimum atomic E-state index is -0.0777. The van der Waals surface area contributed by atoms with Crippen molar-refractivity contribution in [2.24, 2.45) is 0 Å². The summed E-state index contributed by atoms with van der Waals surface area (Å²) in [5.74, 6) is 0.515. The number of nitrogens with zero attached hydrogens (tertiary/aromatic N) is 3. The van der Waals surface area contributed by atoms with Crippen molar-refractivity contribution in [3.8, 4) is 0 Å². The van der Waals surface area contributed by atoms with Gasteiger partial charge in [-0.25, -0.2) is 0 Å². The number of amides is 1. The lowest BCUT2D eigenvalue weighted by atomic mass is 10.2. The third-order valence-electron chi connectivity index (χ3n) is 5.05. The molecular formula is C19H25N5O. The zero-order valence-electron chi connectivity index (χ0n) is 14.4. The van der Waals surface area contributed by atoms with Crippen LogP contribution in [0.25, 0.3) is 0 Å². The molecule has 1 aromatic heterocycles. The van der Waals surface area contributed by atoms with Crippen LogP contribution < -0.4 is 10.2 Å². The molecule has 1 aliphatic heterocycles. The molecule has 1 aromatic carbocycles. The van der Waals surface area contributed by atoms with Gasteiger partial charge in [-0.1, -0.05) is 18.2 Å². The number of H-pyrrole nitrogens is 1. The van der Waals surface area contributed by atoms with E-state index in [1.165, 1.54) is 18.5 Å². The molecular weight excluding hydrogens is 314 g/mol. The molecule has 2 heterocycles. The number of anilines is 1. The van der Waals surface area contributed by atoms with Gasteiger partial charge in [0, 0.05) is 56.6 Å². The molecule has 2 N–H and O–H groups in total. The summed E-state index contributed by atoms with van der Waals surface area (Å²) in [6, 6.07) is 12.4. The molecule has 1 saturated heterocycles. The summed E-state index contributed by atoms with van der Waals surface area (Å²) < 4.78 is 0. The quantitative estimate of drug-likeness (QED) is 0.843. The molecule has 0 radical (unpaired) electrons. The second-order valence-electron chi connectivity index (χ2n) is 6.90. The average Bonchev–Trinajstić information content (AvgIpc) is 3.39. The van der Waals surface area contributed by atoms with Gasteiger partial charge in [0.05, 0.1) is 0 Å². The van der Waals surface area contributed by atoms with Crippen molar-refractivity contribution < 1.29 is 4.79 Å². The Balaban J connectivity index is 1.18. The maximum atomic E-state index is 12.2. The fourth-order valence-electron chi connectivity index (χ4n) is 3.34. The predicted octanol–water partition coefficient (Wildman–Crippen LogP) is 1.84. The molecule has 0 unspecified atom stereocenters. The van der Waals surface area contributed by atoms with Crippen LogP contribution in [0.2, 0.25) is 0 Å². The van der Waals surface area contributed by atoms with Crippen molar-refractivity contribution in [3.63, 3.8) is 0 Å². The summed E-state index contributed by atoms with van der Waals surface area (Å²) in [5.41, 5.74) is 2.90. The second-order valence-corrected chi connectivity index (χ2v) is 6.90. The van der Waals surface area contributed by atoms with Crippen molar-refractivity contribution in [3.05, 3.63) is 47.8 Å². The van der Waals surface area contributed by atoms with Crippen LogP contribution in [0, 0.1) is 0 Å². The molecule has 1 saturated carbocycles. The van der Waals surface area contributed by atoms with Gasteiger partial charge in [0.25, 0.3) is 5.91 Å². The van der Waals surface area contributed by atoms with Crippen molar-refractivity contribution in [1.29, 1.82) is 0 Å². The Morgan fingerprint density at radius 3 is 2.64 bits per heavy atom. The van der Waals surface area contributed by atoms with Crippen molar-refractivity contribution in [2.75, 3.05) is 44.2 Å². The third kappa shape index (κ3) is 4.02. The Hall–Kier alpha value is -2.34. The molecule has 2 fully saturated rings. The Labute approximate surface area is 148 Å². The number of para-hydroxylation sites is 1. The van der Waals surface area contributed by atoms with E-state index in [4.69, 9.17) is 0 Å². The molecule has 6 heteroatoms. The van der Waals surface area contributed by atoms with Crippen LogP contribution in [0.15, 0.2) is 36.4 Å². The van der Waals surface area contributed by atoms with Crippen LogP contribution >= 0.6 is 0 Å². The van der Waals surface area contributed by atoms with Crippen LogP contribution in [0.4, 0.5) is 5.69 Å². The minimum absolute atomic E-state index is 0.0777. The molecule has 25 heavy (non-hydrogen) atoms. The van der Waals surface area contributed by atoms with E-state index in [2.05, 4.69) is 55.6 Å². The molecule has 0 bridgehead atoms. The van der Waals surface area contributed by atoms with Crippen LogP contribution in [0.5, 0.6) is 0 Å². The van der Waals surface area contributed by atoms with Crippen LogP contribution in [0.3, 0.4) is 0 Å². The summed E-state index contributed by atoms with van der Waals surface area (Å²) in [7, 11) is 0. The number of piperazine rings is 1. The topological polar surface area (TPSA) is 64.3 Å². The molecule has 0 spiro atoms. The van der Waals surface area contributed by atoms with E-state index in [-0.39, 0.29) is 5.91 Å². The highest BCUT2D eigenvalue weighted by Crippen LogP contribution is 2.38. The minimum Gasteiger partial charge on any atom is -0.369 e. The monoisotopic (exact) mass is 339 g/mol. The first kappa shape index (κ1) is 16.1. The van der Waals surface area contributed by atoms with E-state index < -0.39 is 0 Å². The first-order valence-corrected chi connectivity index (χ1v) is 9.15. The smallest absolute Gasteiger partial charge is 0.271 e. The number of benzene rings is 1. The fourth-order valence-corrected chi connectivity index (χ4v) is 3.34. The van der Waals surface area contributed by atoms with Gasteiger partial charge >= 0.3 is 0 Å². The number of nitrogens with one attached hydrogen (secondary N) is 2. The van der Waals surface area contributed by atoms with Gasteiger partial charge in [0.1, 0.15) is 5.69 Å². The maximum Gasteiger partial charge on any atom is 0.271 e. The van der Waals surface area contributed by atoms with Gasteiger partial charge in [-0.3, -0.25) is 14.8 Å². The van der Waals surface area contributed by atoms with E-state index in [1.54, 1.807) is 0 Å². The number of hydrogen-bond donors (Lipinski definition) is 2. The Morgan fingerprint density at radius 1 is 1.16 bits per heavy atom. The largest absolute Gasteiger partial charge is 0.369 e. The zero-order valence-corrected chi connectivity index (χ0v) is 14.4. The van der Waals surface area contributed by atoms with Crippen molar-refractivity contribution in [1.82, 2.24) is 20.4 Å². The van der Waals surface area contributed by atoms with Gasteiger partial charge in [-0.05, 0) is 31.0 Å². The SMILES string of the molecule is O=C(NCCN1CCN(c2ccccc2)CC1)c1cc(C2CC2)[nH]n1. The van der Waals surface area contributed by atoms with Gasteiger partial charge in [0.2, 0.25) is 0 Å². The standard InChI is InChI=1S/C19H25N5O/c25-19(18-14-17(21-22-18)15-6-7-15)20-8-9-23-10-12-24(13-11-23)16-4-2-1-3-5-16/h1-5,14-15H,6-13H2,(H,20,25)(H,21,22). The fraction of sp³-hybridized carbons (Fsp3) is 0.474. The molecule has 0 atom stereocenters. The van der Waals surface area contributed by atoms with E-state index in [0.717, 1.165) is 38.4 Å². The summed E-state index contributed by atoms with van der Waals surface area (Å²) in [6.45, 7) is 5.66. The van der Waals surface area contributed by atoms with Gasteiger partial charge in [0.15, 0.2) is 0 Å². The Kier molecular flexibility index (Phi) is 4.70. The third-order valence-corrected chi connectivity index (χ3v) is 5.05. The normalized spacial score (nSPS) is 18.3. The average molecular weight is 339 g/mol. The number of rotatable bonds is 6. The van der Waals surface area contributed by atoms with Crippen molar-refractivity contribution in [2.45, 2.75) is 18.8 Å². The summed E-state index contributed by atoms with van der Waals surface area (Å²) >= 11 is 0. The zero-order chi connectivity index (χ0) is 17.1. The first-order chi connectivity index (χ1) is 12.3.